The molecule has 0 amide bonds. The molecule has 2 atom stereocenters. The van der Waals surface area contributed by atoms with Gasteiger partial charge in [0.05, 0.1) is 19.3 Å². The predicted molar refractivity (Wildman–Crippen MR) is 91.0 cm³/mol. The van der Waals surface area contributed by atoms with Crippen molar-refractivity contribution in [3.8, 4) is 5.75 Å². The van der Waals surface area contributed by atoms with Gasteiger partial charge in [-0.3, -0.25) is 0 Å². The van der Waals surface area contributed by atoms with E-state index in [-0.39, 0.29) is 12.4 Å². The zero-order chi connectivity index (χ0) is 14.5. The normalized spacial score (nSPS) is 13.1. The van der Waals surface area contributed by atoms with Crippen molar-refractivity contribution in [2.45, 2.75) is 18.6 Å². The fourth-order valence-electron chi connectivity index (χ4n) is 2.16. The van der Waals surface area contributed by atoms with E-state index in [0.717, 1.165) is 15.6 Å². The molecule has 0 saturated carbocycles. The minimum absolute atomic E-state index is 0. The second kappa shape index (κ2) is 8.39. The largest absolute Gasteiger partial charge is 0.496 e. The number of hydrogen-bond acceptors (Lipinski definition) is 3. The van der Waals surface area contributed by atoms with Gasteiger partial charge in [0.2, 0.25) is 0 Å². The Hall–Kier alpha value is -1.07. The third-order valence-electron chi connectivity index (χ3n) is 3.25. The third-order valence-corrected chi connectivity index (χ3v) is 3.75. The van der Waals surface area contributed by atoms with Crippen LogP contribution in [0.5, 0.6) is 5.75 Å². The number of aliphatic hydroxyl groups is 1. The summed E-state index contributed by atoms with van der Waals surface area (Å²) >= 11 is 3.42. The van der Waals surface area contributed by atoms with Crippen molar-refractivity contribution in [2.24, 2.45) is 5.73 Å². The highest BCUT2D eigenvalue weighted by Crippen LogP contribution is 2.29. The number of methoxy groups -OCH3 is 1. The highest BCUT2D eigenvalue weighted by molar-refractivity contribution is 9.10. The van der Waals surface area contributed by atoms with Gasteiger partial charge in [-0.25, -0.2) is 0 Å². The molecule has 2 rings (SSSR count). The molecule has 0 heterocycles. The van der Waals surface area contributed by atoms with Crippen LogP contribution in [0.25, 0.3) is 0 Å². The van der Waals surface area contributed by atoms with Gasteiger partial charge in [0.1, 0.15) is 5.75 Å². The molecule has 2 aromatic rings. The van der Waals surface area contributed by atoms with Crippen LogP contribution in [0.3, 0.4) is 0 Å². The zero-order valence-electron chi connectivity index (χ0n) is 11.7. The van der Waals surface area contributed by atoms with Gasteiger partial charge in [-0.15, -0.1) is 12.4 Å². The Kier molecular flexibility index (Phi) is 7.18. The lowest BCUT2D eigenvalue weighted by Gasteiger charge is -2.21. The van der Waals surface area contributed by atoms with Crippen LogP contribution in [0.4, 0.5) is 0 Å². The number of hydrogen-bond donors (Lipinski definition) is 2. The minimum Gasteiger partial charge on any atom is -0.496 e. The van der Waals surface area contributed by atoms with Crippen LogP contribution in [0.2, 0.25) is 0 Å². The molecule has 0 saturated heterocycles. The van der Waals surface area contributed by atoms with E-state index in [9.17, 15) is 5.11 Å². The number of halogens is 2. The molecule has 0 aliphatic heterocycles. The van der Waals surface area contributed by atoms with Gasteiger partial charge < -0.3 is 15.6 Å². The second-order valence-electron chi connectivity index (χ2n) is 4.67. The average molecular weight is 373 g/mol. The van der Waals surface area contributed by atoms with E-state index in [2.05, 4.69) is 15.9 Å². The molecule has 5 heteroatoms. The van der Waals surface area contributed by atoms with E-state index in [1.807, 2.05) is 48.5 Å². The molecule has 0 aromatic heterocycles. The summed E-state index contributed by atoms with van der Waals surface area (Å²) in [5.41, 5.74) is 8.04. The van der Waals surface area contributed by atoms with Crippen LogP contribution < -0.4 is 10.5 Å². The lowest BCUT2D eigenvalue weighted by atomic mass is 9.96. The molecule has 0 fully saturated rings. The van der Waals surface area contributed by atoms with Gasteiger partial charge in [0, 0.05) is 16.5 Å². The Morgan fingerprint density at radius 2 is 1.86 bits per heavy atom. The van der Waals surface area contributed by atoms with Crippen molar-refractivity contribution in [3.05, 3.63) is 64.1 Å². The monoisotopic (exact) mass is 371 g/mol. The summed E-state index contributed by atoms with van der Waals surface area (Å²) in [6.07, 6.45) is -0.155. The summed E-state index contributed by atoms with van der Waals surface area (Å²) in [7, 11) is 1.60. The van der Waals surface area contributed by atoms with Crippen LogP contribution in [0.1, 0.15) is 17.2 Å². The van der Waals surface area contributed by atoms with E-state index in [0.29, 0.717) is 12.2 Å². The SMILES string of the molecule is COc1ccc(Br)cc1[C@H](N)[C@H](O)Cc1ccccc1.Cl. The van der Waals surface area contributed by atoms with Crippen molar-refractivity contribution in [2.75, 3.05) is 7.11 Å². The van der Waals surface area contributed by atoms with Crippen LogP contribution >= 0.6 is 28.3 Å². The molecule has 21 heavy (non-hydrogen) atoms. The van der Waals surface area contributed by atoms with E-state index >= 15 is 0 Å². The molecule has 0 aliphatic rings. The maximum absolute atomic E-state index is 10.3. The van der Waals surface area contributed by atoms with Gasteiger partial charge >= 0.3 is 0 Å². The van der Waals surface area contributed by atoms with Crippen LogP contribution in [0, 0.1) is 0 Å². The fourth-order valence-corrected chi connectivity index (χ4v) is 2.53. The van der Waals surface area contributed by atoms with E-state index in [1.165, 1.54) is 0 Å². The number of aliphatic hydroxyl groups excluding tert-OH is 1. The van der Waals surface area contributed by atoms with Gasteiger partial charge in [-0.05, 0) is 23.8 Å². The number of ether oxygens (including phenoxy) is 1. The van der Waals surface area contributed by atoms with Crippen molar-refractivity contribution in [3.63, 3.8) is 0 Å². The third kappa shape index (κ3) is 4.71. The summed E-state index contributed by atoms with van der Waals surface area (Å²) in [4.78, 5) is 0. The molecule has 3 nitrogen and oxygen atoms in total. The minimum atomic E-state index is -0.666. The number of rotatable bonds is 5. The Bertz CT molecular complexity index is 565. The first kappa shape index (κ1) is 18.0. The summed E-state index contributed by atoms with van der Waals surface area (Å²) in [6, 6.07) is 14.9. The number of benzene rings is 2. The average Bonchev–Trinajstić information content (AvgIpc) is 2.47. The highest BCUT2D eigenvalue weighted by atomic mass is 79.9. The molecule has 0 radical (unpaired) electrons. The quantitative estimate of drug-likeness (QED) is 0.845. The van der Waals surface area contributed by atoms with Gasteiger partial charge in [0.25, 0.3) is 0 Å². The first-order valence-corrected chi connectivity index (χ1v) is 7.22. The van der Waals surface area contributed by atoms with Crippen molar-refractivity contribution < 1.29 is 9.84 Å². The van der Waals surface area contributed by atoms with E-state index in [1.54, 1.807) is 7.11 Å². The maximum atomic E-state index is 10.3. The molecule has 0 aliphatic carbocycles. The van der Waals surface area contributed by atoms with Gasteiger partial charge in [-0.1, -0.05) is 46.3 Å². The van der Waals surface area contributed by atoms with Crippen molar-refractivity contribution in [1.82, 2.24) is 0 Å². The second-order valence-corrected chi connectivity index (χ2v) is 5.58. The first-order valence-electron chi connectivity index (χ1n) is 6.43. The van der Waals surface area contributed by atoms with E-state index in [4.69, 9.17) is 10.5 Å². The summed E-state index contributed by atoms with van der Waals surface area (Å²) < 4.78 is 6.22. The standard InChI is InChI=1S/C16H18BrNO2.ClH/c1-20-15-8-7-12(17)10-13(15)16(18)14(19)9-11-5-3-2-4-6-11;/h2-8,10,14,16,19H,9,18H2,1H3;1H/t14-,16+;/m1./s1. The molecule has 0 unspecified atom stereocenters. The Labute approximate surface area is 139 Å². The zero-order valence-corrected chi connectivity index (χ0v) is 14.1. The molecule has 0 bridgehead atoms. The van der Waals surface area contributed by atoms with Crippen molar-refractivity contribution in [1.29, 1.82) is 0 Å². The molecular weight excluding hydrogens is 354 g/mol. The van der Waals surface area contributed by atoms with Crippen LogP contribution in [0.15, 0.2) is 53.0 Å². The smallest absolute Gasteiger partial charge is 0.123 e. The van der Waals surface area contributed by atoms with Gasteiger partial charge in [-0.2, -0.15) is 0 Å². The lowest BCUT2D eigenvalue weighted by molar-refractivity contribution is 0.143. The maximum Gasteiger partial charge on any atom is 0.123 e. The highest BCUT2D eigenvalue weighted by Gasteiger charge is 2.21. The molecular formula is C16H19BrClNO2. The van der Waals surface area contributed by atoms with Gasteiger partial charge in [0.15, 0.2) is 0 Å². The van der Waals surface area contributed by atoms with Crippen LogP contribution in [-0.2, 0) is 6.42 Å². The fraction of sp³-hybridized carbons (Fsp3) is 0.250. The van der Waals surface area contributed by atoms with Crippen LogP contribution in [-0.4, -0.2) is 18.3 Å². The molecule has 3 N–H and O–H groups in total. The number of nitrogens with two attached hydrogens (primary N) is 1. The summed E-state index contributed by atoms with van der Waals surface area (Å²) in [6.45, 7) is 0. The molecule has 0 spiro atoms. The molecule has 2 aromatic carbocycles. The first-order chi connectivity index (χ1) is 9.61. The summed E-state index contributed by atoms with van der Waals surface area (Å²) in [5, 5.41) is 10.3. The molecule has 114 valence electrons. The Balaban J connectivity index is 0.00000220. The summed E-state index contributed by atoms with van der Waals surface area (Å²) in [5.74, 6) is 0.688. The Morgan fingerprint density at radius 1 is 1.19 bits per heavy atom. The van der Waals surface area contributed by atoms with E-state index < -0.39 is 12.1 Å². The van der Waals surface area contributed by atoms with Crippen molar-refractivity contribution >= 4 is 28.3 Å². The Morgan fingerprint density at radius 3 is 2.48 bits per heavy atom. The predicted octanol–water partition coefficient (Wildman–Crippen LogP) is 3.48. The lowest BCUT2D eigenvalue weighted by Crippen LogP contribution is -2.28. The topological polar surface area (TPSA) is 55.5 Å².